The second kappa shape index (κ2) is 3.45. The fraction of sp³-hybridized carbons (Fsp3) is 0.833. The lowest BCUT2D eigenvalue weighted by atomic mass is 10.0. The summed E-state index contributed by atoms with van der Waals surface area (Å²) in [6, 6.07) is 0. The average Bonchev–Trinajstić information content (AvgIpc) is 2.56. The van der Waals surface area contributed by atoms with E-state index in [1.165, 1.54) is 24.8 Å². The van der Waals surface area contributed by atoms with Crippen molar-refractivity contribution in [3.8, 4) is 0 Å². The van der Waals surface area contributed by atoms with Crippen molar-refractivity contribution in [2.75, 3.05) is 0 Å². The largest absolute Gasteiger partial charge is 0.393 e. The summed E-state index contributed by atoms with van der Waals surface area (Å²) in [5.74, 6) is 2.44. The Morgan fingerprint density at radius 3 is 2.62 bits per heavy atom. The normalized spacial score (nSPS) is 38.5. The highest BCUT2D eigenvalue weighted by Crippen LogP contribution is 2.59. The summed E-state index contributed by atoms with van der Waals surface area (Å²) >= 11 is 0. The SMILES string of the molecule is C=C(C)CCC(O)C1C2CCCC21. The average molecular weight is 180 g/mol. The van der Waals surface area contributed by atoms with Gasteiger partial charge in [-0.3, -0.25) is 0 Å². The van der Waals surface area contributed by atoms with Crippen molar-refractivity contribution in [1.82, 2.24) is 0 Å². The van der Waals surface area contributed by atoms with Gasteiger partial charge in [-0.1, -0.05) is 12.0 Å². The molecule has 0 bridgehead atoms. The summed E-state index contributed by atoms with van der Waals surface area (Å²) in [5.41, 5.74) is 1.20. The number of rotatable bonds is 4. The van der Waals surface area contributed by atoms with Gasteiger partial charge >= 0.3 is 0 Å². The lowest BCUT2D eigenvalue weighted by molar-refractivity contribution is 0.126. The fourth-order valence-corrected chi connectivity index (χ4v) is 3.03. The molecular formula is C12H20O. The first-order chi connectivity index (χ1) is 6.20. The summed E-state index contributed by atoms with van der Waals surface area (Å²) in [7, 11) is 0. The minimum Gasteiger partial charge on any atom is -0.393 e. The molecule has 0 heterocycles. The quantitative estimate of drug-likeness (QED) is 0.659. The van der Waals surface area contributed by atoms with Gasteiger partial charge in [-0.2, -0.15) is 0 Å². The molecule has 1 N–H and O–H groups in total. The molecule has 3 atom stereocenters. The zero-order valence-corrected chi connectivity index (χ0v) is 8.50. The molecular weight excluding hydrogens is 160 g/mol. The summed E-state index contributed by atoms with van der Waals surface area (Å²) < 4.78 is 0. The molecule has 0 aromatic rings. The number of allylic oxidation sites excluding steroid dienone is 1. The predicted octanol–water partition coefficient (Wildman–Crippen LogP) is 2.75. The van der Waals surface area contributed by atoms with Crippen molar-refractivity contribution >= 4 is 0 Å². The molecule has 2 aliphatic carbocycles. The van der Waals surface area contributed by atoms with Crippen molar-refractivity contribution in [3.05, 3.63) is 12.2 Å². The van der Waals surface area contributed by atoms with Crippen LogP contribution in [-0.2, 0) is 0 Å². The van der Waals surface area contributed by atoms with Crippen LogP contribution in [0.4, 0.5) is 0 Å². The highest BCUT2D eigenvalue weighted by atomic mass is 16.3. The van der Waals surface area contributed by atoms with Gasteiger partial charge in [0.1, 0.15) is 0 Å². The molecule has 2 rings (SSSR count). The molecule has 1 nitrogen and oxygen atoms in total. The molecule has 0 radical (unpaired) electrons. The van der Waals surface area contributed by atoms with Crippen molar-refractivity contribution in [3.63, 3.8) is 0 Å². The number of hydrogen-bond donors (Lipinski definition) is 1. The van der Waals surface area contributed by atoms with Gasteiger partial charge in [0.25, 0.3) is 0 Å². The summed E-state index contributed by atoms with van der Waals surface area (Å²) in [6.45, 7) is 5.91. The van der Waals surface area contributed by atoms with E-state index in [1.54, 1.807) is 0 Å². The van der Waals surface area contributed by atoms with Gasteiger partial charge < -0.3 is 5.11 Å². The van der Waals surface area contributed by atoms with Crippen LogP contribution in [0.5, 0.6) is 0 Å². The molecule has 74 valence electrons. The van der Waals surface area contributed by atoms with Gasteiger partial charge in [-0.05, 0) is 50.4 Å². The molecule has 3 unspecified atom stereocenters. The number of fused-ring (bicyclic) bond motifs is 1. The van der Waals surface area contributed by atoms with Crippen molar-refractivity contribution in [2.24, 2.45) is 17.8 Å². The van der Waals surface area contributed by atoms with E-state index in [4.69, 9.17) is 0 Å². The maximum atomic E-state index is 9.90. The third kappa shape index (κ3) is 1.80. The predicted molar refractivity (Wildman–Crippen MR) is 54.4 cm³/mol. The highest BCUT2D eigenvalue weighted by molar-refractivity contribution is 5.04. The van der Waals surface area contributed by atoms with E-state index in [1.807, 2.05) is 6.92 Å². The van der Waals surface area contributed by atoms with E-state index in [0.29, 0.717) is 5.92 Å². The second-order valence-corrected chi connectivity index (χ2v) is 4.90. The maximum Gasteiger partial charge on any atom is 0.0577 e. The van der Waals surface area contributed by atoms with Gasteiger partial charge in [0.2, 0.25) is 0 Å². The summed E-state index contributed by atoms with van der Waals surface area (Å²) in [4.78, 5) is 0. The van der Waals surface area contributed by atoms with E-state index in [-0.39, 0.29) is 6.10 Å². The number of aliphatic hydroxyl groups is 1. The standard InChI is InChI=1S/C12H20O/c1-8(2)6-7-11(13)12-9-4-3-5-10(9)12/h9-13H,1,3-7H2,2H3. The van der Waals surface area contributed by atoms with Crippen LogP contribution in [0.2, 0.25) is 0 Å². The van der Waals surface area contributed by atoms with E-state index in [9.17, 15) is 5.11 Å². The smallest absolute Gasteiger partial charge is 0.0577 e. The third-order valence-electron chi connectivity index (χ3n) is 3.78. The molecule has 2 fully saturated rings. The molecule has 2 aliphatic rings. The monoisotopic (exact) mass is 180 g/mol. The van der Waals surface area contributed by atoms with Crippen LogP contribution >= 0.6 is 0 Å². The summed E-state index contributed by atoms with van der Waals surface area (Å²) in [6.07, 6.45) is 6.05. The molecule has 0 saturated heterocycles. The molecule has 0 aromatic carbocycles. The molecule has 13 heavy (non-hydrogen) atoms. The number of hydrogen-bond acceptors (Lipinski definition) is 1. The topological polar surface area (TPSA) is 20.2 Å². The Hall–Kier alpha value is -0.300. The van der Waals surface area contributed by atoms with Crippen LogP contribution < -0.4 is 0 Å². The summed E-state index contributed by atoms with van der Waals surface area (Å²) in [5, 5.41) is 9.90. The maximum absolute atomic E-state index is 9.90. The zero-order valence-electron chi connectivity index (χ0n) is 8.50. The molecule has 0 amide bonds. The van der Waals surface area contributed by atoms with Gasteiger partial charge in [0, 0.05) is 0 Å². The molecule has 0 spiro atoms. The molecule has 2 saturated carbocycles. The van der Waals surface area contributed by atoms with E-state index < -0.39 is 0 Å². The Labute approximate surface area is 80.8 Å². The van der Waals surface area contributed by atoms with Crippen molar-refractivity contribution in [2.45, 2.75) is 45.1 Å². The van der Waals surface area contributed by atoms with Crippen LogP contribution in [0.1, 0.15) is 39.0 Å². The van der Waals surface area contributed by atoms with Gasteiger partial charge in [0.15, 0.2) is 0 Å². The molecule has 0 aromatic heterocycles. The minimum absolute atomic E-state index is 0.0352. The van der Waals surface area contributed by atoms with Gasteiger partial charge in [-0.25, -0.2) is 0 Å². The first-order valence-electron chi connectivity index (χ1n) is 5.52. The minimum atomic E-state index is -0.0352. The van der Waals surface area contributed by atoms with Crippen molar-refractivity contribution < 1.29 is 5.11 Å². The Kier molecular flexibility index (Phi) is 2.46. The lowest BCUT2D eigenvalue weighted by Gasteiger charge is -2.11. The van der Waals surface area contributed by atoms with E-state index in [2.05, 4.69) is 6.58 Å². The third-order valence-corrected chi connectivity index (χ3v) is 3.78. The van der Waals surface area contributed by atoms with Gasteiger partial charge in [0.05, 0.1) is 6.10 Å². The van der Waals surface area contributed by atoms with Crippen LogP contribution in [0.3, 0.4) is 0 Å². The van der Waals surface area contributed by atoms with Crippen molar-refractivity contribution in [1.29, 1.82) is 0 Å². The highest BCUT2D eigenvalue weighted by Gasteiger charge is 2.55. The van der Waals surface area contributed by atoms with E-state index in [0.717, 1.165) is 24.7 Å². The van der Waals surface area contributed by atoms with Crippen LogP contribution in [0.15, 0.2) is 12.2 Å². The molecule has 0 aliphatic heterocycles. The zero-order chi connectivity index (χ0) is 9.42. The Balaban J connectivity index is 1.73. The van der Waals surface area contributed by atoms with Crippen LogP contribution in [0.25, 0.3) is 0 Å². The molecule has 1 heteroatoms. The Bertz CT molecular complexity index is 199. The lowest BCUT2D eigenvalue weighted by Crippen LogP contribution is -2.12. The fourth-order valence-electron chi connectivity index (χ4n) is 3.03. The second-order valence-electron chi connectivity index (χ2n) is 4.90. The number of aliphatic hydroxyl groups excluding tert-OH is 1. The Morgan fingerprint density at radius 2 is 2.08 bits per heavy atom. The first kappa shape index (κ1) is 9.26. The Morgan fingerprint density at radius 1 is 1.46 bits per heavy atom. The first-order valence-corrected chi connectivity index (χ1v) is 5.52. The van der Waals surface area contributed by atoms with Crippen LogP contribution in [0, 0.1) is 17.8 Å². The van der Waals surface area contributed by atoms with Crippen LogP contribution in [-0.4, -0.2) is 11.2 Å². The van der Waals surface area contributed by atoms with Gasteiger partial charge in [-0.15, -0.1) is 6.58 Å². The van der Waals surface area contributed by atoms with E-state index >= 15 is 0 Å².